The Kier molecular flexibility index (Phi) is 4.79. The Hall–Kier alpha value is -0.410. The number of carbonyl (C=O) groups is 1. The third kappa shape index (κ3) is 3.12. The van der Waals surface area contributed by atoms with E-state index in [9.17, 15) is 9.18 Å². The van der Waals surface area contributed by atoms with Crippen molar-refractivity contribution in [2.24, 2.45) is 5.92 Å². The van der Waals surface area contributed by atoms with Gasteiger partial charge in [-0.05, 0) is 34.0 Å². The van der Waals surface area contributed by atoms with Crippen LogP contribution in [0, 0.1) is 11.7 Å². The molecule has 1 aliphatic carbocycles. The van der Waals surface area contributed by atoms with Gasteiger partial charge in [0.15, 0.2) is 11.6 Å². The number of carbonyl (C=O) groups excluding carboxylic acids is 1. The van der Waals surface area contributed by atoms with Gasteiger partial charge in [-0.15, -0.1) is 0 Å². The minimum Gasteiger partial charge on any atom is -0.294 e. The first-order chi connectivity index (χ1) is 8.59. The van der Waals surface area contributed by atoms with Crippen molar-refractivity contribution in [3.63, 3.8) is 0 Å². The lowest BCUT2D eigenvalue weighted by atomic mass is 9.85. The van der Waals surface area contributed by atoms with Crippen LogP contribution >= 0.6 is 27.5 Å². The van der Waals surface area contributed by atoms with Gasteiger partial charge >= 0.3 is 0 Å². The molecule has 0 saturated heterocycles. The summed E-state index contributed by atoms with van der Waals surface area (Å²) in [4.78, 5) is 12.1. The normalized spacial score (nSPS) is 16.8. The Morgan fingerprint density at radius 1 is 1.33 bits per heavy atom. The van der Waals surface area contributed by atoms with Gasteiger partial charge in [0.2, 0.25) is 0 Å². The van der Waals surface area contributed by atoms with Crippen LogP contribution in [-0.2, 0) is 0 Å². The molecule has 0 bridgehead atoms. The Balaban J connectivity index is 2.11. The number of benzene rings is 1. The molecule has 98 valence electrons. The van der Waals surface area contributed by atoms with Crippen LogP contribution < -0.4 is 0 Å². The highest BCUT2D eigenvalue weighted by molar-refractivity contribution is 9.10. The van der Waals surface area contributed by atoms with E-state index < -0.39 is 5.82 Å². The zero-order chi connectivity index (χ0) is 13.1. The van der Waals surface area contributed by atoms with Gasteiger partial charge < -0.3 is 0 Å². The Morgan fingerprint density at radius 3 is 2.67 bits per heavy atom. The molecule has 1 aromatic carbocycles. The fourth-order valence-electron chi connectivity index (χ4n) is 2.50. The lowest BCUT2D eigenvalue weighted by Crippen LogP contribution is -2.13. The number of rotatable bonds is 3. The van der Waals surface area contributed by atoms with E-state index in [4.69, 9.17) is 11.6 Å². The van der Waals surface area contributed by atoms with Gasteiger partial charge in [-0.2, -0.15) is 0 Å². The molecule has 2 rings (SSSR count). The van der Waals surface area contributed by atoms with Crippen LogP contribution in [0.25, 0.3) is 0 Å². The lowest BCUT2D eigenvalue weighted by Gasteiger charge is -2.20. The van der Waals surface area contributed by atoms with Crippen molar-refractivity contribution in [2.45, 2.75) is 38.5 Å². The molecule has 0 N–H and O–H groups in total. The van der Waals surface area contributed by atoms with Crippen molar-refractivity contribution in [2.75, 3.05) is 0 Å². The molecule has 1 aromatic rings. The number of halogens is 3. The minimum atomic E-state index is -0.605. The number of ketones is 1. The second-order valence-electron chi connectivity index (χ2n) is 4.85. The topological polar surface area (TPSA) is 17.1 Å². The van der Waals surface area contributed by atoms with Crippen molar-refractivity contribution in [3.8, 4) is 0 Å². The van der Waals surface area contributed by atoms with Gasteiger partial charge in [-0.3, -0.25) is 4.79 Å². The largest absolute Gasteiger partial charge is 0.294 e. The summed E-state index contributed by atoms with van der Waals surface area (Å²) in [6.07, 6.45) is 6.22. The van der Waals surface area contributed by atoms with E-state index in [1.54, 1.807) is 6.07 Å². The lowest BCUT2D eigenvalue weighted by molar-refractivity contribution is 0.0946. The van der Waals surface area contributed by atoms with Gasteiger partial charge in [-0.25, -0.2) is 4.39 Å². The molecule has 4 heteroatoms. The average Bonchev–Trinajstić information content (AvgIpc) is 2.37. The quantitative estimate of drug-likeness (QED) is 0.535. The van der Waals surface area contributed by atoms with Crippen LogP contribution in [0.4, 0.5) is 4.39 Å². The maximum atomic E-state index is 13.9. The molecule has 18 heavy (non-hydrogen) atoms. The molecule has 0 radical (unpaired) electrons. The van der Waals surface area contributed by atoms with Gasteiger partial charge in [0.05, 0.1) is 10.6 Å². The van der Waals surface area contributed by atoms with Gasteiger partial charge in [0.1, 0.15) is 0 Å². The zero-order valence-corrected chi connectivity index (χ0v) is 12.4. The third-order valence-corrected chi connectivity index (χ3v) is 4.79. The van der Waals surface area contributed by atoms with E-state index in [0.29, 0.717) is 16.8 Å². The molecular formula is C14H15BrClFO. The standard InChI is InChI=1S/C14H15BrClFO/c15-11-7-6-10(14(17)13(11)16)12(18)8-9-4-2-1-3-5-9/h6-7,9H,1-5,8H2. The van der Waals surface area contributed by atoms with Crippen molar-refractivity contribution in [1.82, 2.24) is 0 Å². The first kappa shape index (κ1) is 14.0. The second-order valence-corrected chi connectivity index (χ2v) is 6.09. The van der Waals surface area contributed by atoms with E-state index in [1.165, 1.54) is 25.3 Å². The van der Waals surface area contributed by atoms with E-state index in [-0.39, 0.29) is 16.4 Å². The zero-order valence-electron chi connectivity index (χ0n) is 10.0. The van der Waals surface area contributed by atoms with Crippen LogP contribution in [0.1, 0.15) is 48.9 Å². The minimum absolute atomic E-state index is 0.00973. The molecule has 1 fully saturated rings. The molecule has 0 unspecified atom stereocenters. The molecule has 0 heterocycles. The Morgan fingerprint density at radius 2 is 2.00 bits per heavy atom. The molecular weight excluding hydrogens is 319 g/mol. The van der Waals surface area contributed by atoms with Crippen molar-refractivity contribution in [3.05, 3.63) is 33.0 Å². The smallest absolute Gasteiger partial charge is 0.166 e. The van der Waals surface area contributed by atoms with Crippen LogP contribution in [0.5, 0.6) is 0 Å². The van der Waals surface area contributed by atoms with E-state index in [0.717, 1.165) is 12.8 Å². The molecule has 0 spiro atoms. The summed E-state index contributed by atoms with van der Waals surface area (Å²) >= 11 is 8.94. The highest BCUT2D eigenvalue weighted by Gasteiger charge is 2.21. The van der Waals surface area contributed by atoms with Crippen LogP contribution in [0.15, 0.2) is 16.6 Å². The Labute approximate surface area is 120 Å². The Bertz CT molecular complexity index is 455. The van der Waals surface area contributed by atoms with E-state index in [2.05, 4.69) is 15.9 Å². The average molecular weight is 334 g/mol. The summed E-state index contributed by atoms with van der Waals surface area (Å²) in [5.41, 5.74) is 0.119. The fourth-order valence-corrected chi connectivity index (χ4v) is 2.98. The summed E-state index contributed by atoms with van der Waals surface area (Å²) in [6, 6.07) is 3.13. The summed E-state index contributed by atoms with van der Waals surface area (Å²) in [7, 11) is 0. The van der Waals surface area contributed by atoms with Crippen LogP contribution in [0.2, 0.25) is 5.02 Å². The summed E-state index contributed by atoms with van der Waals surface area (Å²) in [5.74, 6) is -0.325. The second kappa shape index (κ2) is 6.16. The number of hydrogen-bond donors (Lipinski definition) is 0. The molecule has 0 aliphatic heterocycles. The van der Waals surface area contributed by atoms with Gasteiger partial charge in [-0.1, -0.05) is 43.7 Å². The highest BCUT2D eigenvalue weighted by Crippen LogP contribution is 2.31. The predicted molar refractivity (Wildman–Crippen MR) is 74.6 cm³/mol. The third-order valence-electron chi connectivity index (χ3n) is 3.53. The summed E-state index contributed by atoms with van der Waals surface area (Å²) < 4.78 is 14.4. The van der Waals surface area contributed by atoms with Gasteiger partial charge in [0, 0.05) is 10.9 Å². The number of hydrogen-bond acceptors (Lipinski definition) is 1. The van der Waals surface area contributed by atoms with Gasteiger partial charge in [0.25, 0.3) is 0 Å². The monoisotopic (exact) mass is 332 g/mol. The van der Waals surface area contributed by atoms with E-state index >= 15 is 0 Å². The van der Waals surface area contributed by atoms with Crippen molar-refractivity contribution in [1.29, 1.82) is 0 Å². The number of Topliss-reactive ketones (excluding diaryl/α,β-unsaturated/α-hetero) is 1. The first-order valence-corrected chi connectivity index (χ1v) is 7.43. The molecule has 0 atom stereocenters. The molecule has 1 nitrogen and oxygen atoms in total. The summed E-state index contributed by atoms with van der Waals surface area (Å²) in [6.45, 7) is 0. The van der Waals surface area contributed by atoms with Crippen molar-refractivity contribution < 1.29 is 9.18 Å². The molecule has 0 amide bonds. The maximum absolute atomic E-state index is 13.9. The first-order valence-electron chi connectivity index (χ1n) is 6.26. The fraction of sp³-hybridized carbons (Fsp3) is 0.500. The molecule has 1 saturated carbocycles. The molecule has 1 aliphatic rings. The maximum Gasteiger partial charge on any atom is 0.166 e. The van der Waals surface area contributed by atoms with Crippen LogP contribution in [-0.4, -0.2) is 5.78 Å². The van der Waals surface area contributed by atoms with Crippen LogP contribution in [0.3, 0.4) is 0 Å². The molecule has 0 aromatic heterocycles. The predicted octanol–water partition coefficient (Wildman–Crippen LogP) is 5.39. The SMILES string of the molecule is O=C(CC1CCCCC1)c1ccc(Br)c(Cl)c1F. The summed E-state index contributed by atoms with van der Waals surface area (Å²) in [5, 5.41) is -0.00973. The van der Waals surface area contributed by atoms with E-state index in [1.807, 2.05) is 0 Å². The highest BCUT2D eigenvalue weighted by atomic mass is 79.9. The van der Waals surface area contributed by atoms with Crippen molar-refractivity contribution >= 4 is 33.3 Å².